The number of ether oxygens (including phenoxy) is 3. The molecule has 2 N–H and O–H groups in total. The second kappa shape index (κ2) is 11.2. The minimum absolute atomic E-state index is 0.0369. The van der Waals surface area contributed by atoms with Crippen molar-refractivity contribution in [1.29, 1.82) is 0 Å². The second-order valence-electron chi connectivity index (χ2n) is 8.33. The lowest BCUT2D eigenvalue weighted by Crippen LogP contribution is -2.52. The SMILES string of the molecule is COC(CNC(=O)C(CC(C)C)NC(=O)OC(C)(C)C)(OC)c1ccc(Cl)cc1Cl. The molecular formula is C21H32Cl2N2O5. The Morgan fingerprint density at radius 3 is 2.17 bits per heavy atom. The fourth-order valence-electron chi connectivity index (χ4n) is 2.82. The first kappa shape index (κ1) is 26.5. The van der Waals surface area contributed by atoms with E-state index in [-0.39, 0.29) is 12.5 Å². The molecule has 0 saturated carbocycles. The van der Waals surface area contributed by atoms with E-state index in [1.165, 1.54) is 14.2 Å². The molecule has 1 unspecified atom stereocenters. The number of alkyl carbamates (subject to hydrolysis) is 1. The van der Waals surface area contributed by atoms with Crippen molar-refractivity contribution in [2.75, 3.05) is 20.8 Å². The standard InChI is InChI=1S/C21H32Cl2N2O5/c1-13(2)10-17(25-19(27)30-20(3,4)5)18(26)24-12-21(28-6,29-7)15-9-8-14(22)11-16(15)23/h8-9,11,13,17H,10,12H2,1-7H3,(H,24,26)(H,25,27). The minimum atomic E-state index is -1.33. The van der Waals surface area contributed by atoms with Gasteiger partial charge in [-0.1, -0.05) is 43.1 Å². The van der Waals surface area contributed by atoms with Gasteiger partial charge in [0, 0.05) is 24.8 Å². The molecule has 0 aromatic heterocycles. The highest BCUT2D eigenvalue weighted by Gasteiger charge is 2.36. The van der Waals surface area contributed by atoms with Crippen LogP contribution in [0.15, 0.2) is 18.2 Å². The van der Waals surface area contributed by atoms with Crippen molar-refractivity contribution in [3.63, 3.8) is 0 Å². The zero-order chi connectivity index (χ0) is 23.1. The number of carbonyl (C=O) groups excluding carboxylic acids is 2. The third-order valence-electron chi connectivity index (χ3n) is 4.21. The molecular weight excluding hydrogens is 431 g/mol. The molecule has 170 valence electrons. The number of rotatable bonds is 9. The Hall–Kier alpha value is -1.54. The van der Waals surface area contributed by atoms with Gasteiger partial charge in [-0.2, -0.15) is 0 Å². The molecule has 0 spiro atoms. The van der Waals surface area contributed by atoms with E-state index in [2.05, 4.69) is 10.6 Å². The molecule has 2 amide bonds. The van der Waals surface area contributed by atoms with E-state index >= 15 is 0 Å². The normalized spacial score (nSPS) is 13.1. The van der Waals surface area contributed by atoms with Gasteiger partial charge in [0.25, 0.3) is 0 Å². The van der Waals surface area contributed by atoms with E-state index in [4.69, 9.17) is 37.4 Å². The first-order valence-electron chi connectivity index (χ1n) is 9.66. The van der Waals surface area contributed by atoms with Crippen molar-refractivity contribution in [2.24, 2.45) is 5.92 Å². The average Bonchev–Trinajstić information content (AvgIpc) is 2.61. The Kier molecular flexibility index (Phi) is 9.88. The lowest BCUT2D eigenvalue weighted by Gasteiger charge is -2.33. The van der Waals surface area contributed by atoms with Gasteiger partial charge in [0.1, 0.15) is 11.6 Å². The van der Waals surface area contributed by atoms with Gasteiger partial charge in [-0.05, 0) is 45.2 Å². The largest absolute Gasteiger partial charge is 0.444 e. The van der Waals surface area contributed by atoms with Crippen LogP contribution in [-0.2, 0) is 24.8 Å². The lowest BCUT2D eigenvalue weighted by atomic mass is 10.0. The highest BCUT2D eigenvalue weighted by atomic mass is 35.5. The lowest BCUT2D eigenvalue weighted by molar-refractivity contribution is -0.212. The molecule has 9 heteroatoms. The van der Waals surface area contributed by atoms with Gasteiger partial charge in [0.05, 0.1) is 11.6 Å². The van der Waals surface area contributed by atoms with Crippen molar-refractivity contribution in [3.8, 4) is 0 Å². The van der Waals surface area contributed by atoms with Crippen LogP contribution in [0.5, 0.6) is 0 Å². The van der Waals surface area contributed by atoms with E-state index in [1.54, 1.807) is 39.0 Å². The highest BCUT2D eigenvalue weighted by molar-refractivity contribution is 6.35. The van der Waals surface area contributed by atoms with Crippen LogP contribution in [0.2, 0.25) is 10.0 Å². The van der Waals surface area contributed by atoms with Crippen LogP contribution in [-0.4, -0.2) is 44.4 Å². The number of hydrogen-bond acceptors (Lipinski definition) is 5. The zero-order valence-corrected chi connectivity index (χ0v) is 20.1. The van der Waals surface area contributed by atoms with Crippen molar-refractivity contribution in [3.05, 3.63) is 33.8 Å². The fraction of sp³-hybridized carbons (Fsp3) is 0.619. The predicted octanol–water partition coefficient (Wildman–Crippen LogP) is 4.49. The molecule has 0 aliphatic rings. The summed E-state index contributed by atoms with van der Waals surface area (Å²) >= 11 is 12.3. The molecule has 0 aliphatic heterocycles. The minimum Gasteiger partial charge on any atom is -0.444 e. The molecule has 1 aromatic carbocycles. The summed E-state index contributed by atoms with van der Waals surface area (Å²) in [6.07, 6.45) is -0.228. The summed E-state index contributed by atoms with van der Waals surface area (Å²) in [5.41, 5.74) is -0.158. The zero-order valence-electron chi connectivity index (χ0n) is 18.6. The number of hydrogen-bond donors (Lipinski definition) is 2. The second-order valence-corrected chi connectivity index (χ2v) is 9.18. The molecule has 1 atom stereocenters. The maximum atomic E-state index is 12.9. The van der Waals surface area contributed by atoms with E-state index in [0.717, 1.165) is 0 Å². The Labute approximate surface area is 188 Å². The molecule has 0 aliphatic carbocycles. The van der Waals surface area contributed by atoms with Crippen LogP contribution in [0.4, 0.5) is 4.79 Å². The predicted molar refractivity (Wildman–Crippen MR) is 118 cm³/mol. The van der Waals surface area contributed by atoms with Crippen molar-refractivity contribution in [2.45, 2.75) is 58.5 Å². The number of halogens is 2. The Morgan fingerprint density at radius 2 is 1.70 bits per heavy atom. The Balaban J connectivity index is 2.99. The summed E-state index contributed by atoms with van der Waals surface area (Å²) < 4.78 is 16.4. The summed E-state index contributed by atoms with van der Waals surface area (Å²) in [5, 5.41) is 6.23. The third kappa shape index (κ3) is 7.95. The van der Waals surface area contributed by atoms with Gasteiger partial charge in [0.2, 0.25) is 11.7 Å². The Morgan fingerprint density at radius 1 is 1.10 bits per heavy atom. The van der Waals surface area contributed by atoms with Crippen molar-refractivity contribution < 1.29 is 23.8 Å². The number of carbonyl (C=O) groups is 2. The van der Waals surface area contributed by atoms with E-state index in [9.17, 15) is 9.59 Å². The van der Waals surface area contributed by atoms with Gasteiger partial charge >= 0.3 is 6.09 Å². The van der Waals surface area contributed by atoms with Gasteiger partial charge in [-0.15, -0.1) is 0 Å². The summed E-state index contributed by atoms with van der Waals surface area (Å²) in [7, 11) is 2.90. The monoisotopic (exact) mass is 462 g/mol. The van der Waals surface area contributed by atoms with Crippen LogP contribution in [0.1, 0.15) is 46.6 Å². The van der Waals surface area contributed by atoms with Crippen LogP contribution in [0.25, 0.3) is 0 Å². The van der Waals surface area contributed by atoms with Crippen LogP contribution in [0, 0.1) is 5.92 Å². The fourth-order valence-corrected chi connectivity index (χ4v) is 3.37. The van der Waals surface area contributed by atoms with Crippen molar-refractivity contribution >= 4 is 35.2 Å². The molecule has 0 heterocycles. The van der Waals surface area contributed by atoms with Crippen LogP contribution < -0.4 is 10.6 Å². The number of benzene rings is 1. The van der Waals surface area contributed by atoms with E-state index < -0.39 is 29.4 Å². The smallest absolute Gasteiger partial charge is 0.408 e. The quantitative estimate of drug-likeness (QED) is 0.527. The molecule has 0 bridgehead atoms. The highest BCUT2D eigenvalue weighted by Crippen LogP contribution is 2.33. The van der Waals surface area contributed by atoms with Gasteiger partial charge in [0.15, 0.2) is 0 Å². The summed E-state index contributed by atoms with van der Waals surface area (Å²) in [4.78, 5) is 25.1. The summed E-state index contributed by atoms with van der Waals surface area (Å²) in [6.45, 7) is 9.14. The summed E-state index contributed by atoms with van der Waals surface area (Å²) in [5.74, 6) is -1.56. The van der Waals surface area contributed by atoms with Crippen LogP contribution in [0.3, 0.4) is 0 Å². The number of amides is 2. The van der Waals surface area contributed by atoms with E-state index in [0.29, 0.717) is 22.0 Å². The van der Waals surface area contributed by atoms with Gasteiger partial charge in [-0.25, -0.2) is 4.79 Å². The van der Waals surface area contributed by atoms with E-state index in [1.807, 2.05) is 13.8 Å². The molecule has 0 fully saturated rings. The molecule has 7 nitrogen and oxygen atoms in total. The molecule has 0 radical (unpaired) electrons. The van der Waals surface area contributed by atoms with Crippen molar-refractivity contribution in [1.82, 2.24) is 10.6 Å². The summed E-state index contributed by atoms with van der Waals surface area (Å²) in [6, 6.07) is 4.11. The molecule has 1 aromatic rings. The first-order chi connectivity index (χ1) is 13.8. The maximum absolute atomic E-state index is 12.9. The van der Waals surface area contributed by atoms with Gasteiger partial charge < -0.3 is 24.8 Å². The third-order valence-corrected chi connectivity index (χ3v) is 4.76. The van der Waals surface area contributed by atoms with Gasteiger partial charge in [-0.3, -0.25) is 4.79 Å². The first-order valence-corrected chi connectivity index (χ1v) is 10.4. The van der Waals surface area contributed by atoms with Crippen LogP contribution >= 0.6 is 23.2 Å². The molecule has 1 rings (SSSR count). The Bertz CT molecular complexity index is 731. The topological polar surface area (TPSA) is 85.9 Å². The maximum Gasteiger partial charge on any atom is 0.408 e. The number of nitrogens with one attached hydrogen (secondary N) is 2. The molecule has 30 heavy (non-hydrogen) atoms. The average molecular weight is 463 g/mol. The number of methoxy groups -OCH3 is 2. The molecule has 0 saturated heterocycles.